The second-order valence-corrected chi connectivity index (χ2v) is 16.7. The molecule has 5 N–H and O–H groups in total. The van der Waals surface area contributed by atoms with Crippen LogP contribution in [0.15, 0.2) is 73.3 Å². The van der Waals surface area contributed by atoms with Crippen molar-refractivity contribution >= 4 is 41.7 Å². The van der Waals surface area contributed by atoms with E-state index in [1.165, 1.54) is 68.3 Å². The Morgan fingerprint density at radius 3 is 1.61 bits per heavy atom. The first-order chi connectivity index (χ1) is 32.4. The smallest absolute Gasteiger partial charge is 0.415 e. The fourth-order valence-corrected chi connectivity index (χ4v) is 8.38. The minimum absolute atomic E-state index is 0.198. The fraction of sp³-hybridized carbons (Fsp3) is 0.438. The van der Waals surface area contributed by atoms with Crippen LogP contribution in [0, 0.1) is 0 Å². The number of carbonyl (C=O) groups excluding carboxylic acids is 5. The van der Waals surface area contributed by atoms with Gasteiger partial charge in [-0.1, -0.05) is 6.07 Å². The van der Waals surface area contributed by atoms with Crippen molar-refractivity contribution in [1.82, 2.24) is 30.0 Å². The van der Waals surface area contributed by atoms with E-state index < -0.39 is 24.0 Å². The van der Waals surface area contributed by atoms with E-state index in [4.69, 9.17) is 30.4 Å². The molecule has 6 heterocycles. The van der Waals surface area contributed by atoms with Crippen LogP contribution in [0.5, 0.6) is 23.0 Å². The van der Waals surface area contributed by atoms with Crippen molar-refractivity contribution in [1.29, 1.82) is 0 Å². The van der Waals surface area contributed by atoms with Crippen molar-refractivity contribution in [2.24, 2.45) is 11.5 Å². The number of methoxy groups -OCH3 is 2. The maximum Gasteiger partial charge on any atom is 0.415 e. The largest absolute Gasteiger partial charge is 0.496 e. The summed E-state index contributed by atoms with van der Waals surface area (Å²) >= 11 is 0. The van der Waals surface area contributed by atoms with Gasteiger partial charge in [-0.2, -0.15) is 0 Å². The normalized spacial score (nSPS) is 18.1. The first kappa shape index (κ1) is 49.4. The highest BCUT2D eigenvalue weighted by molar-refractivity contribution is 5.93. The van der Waals surface area contributed by atoms with Gasteiger partial charge in [0, 0.05) is 126 Å². The number of aromatic nitrogens is 2. The summed E-state index contributed by atoms with van der Waals surface area (Å²) in [5.41, 5.74) is 14.9. The number of hydrogen-bond donors (Lipinski definition) is 3. The molecule has 0 saturated carbocycles. The number of nitrogens with one attached hydrogen (secondary N) is 1. The Morgan fingerprint density at radius 1 is 0.657 bits per heavy atom. The highest BCUT2D eigenvalue weighted by Gasteiger charge is 2.26. The van der Waals surface area contributed by atoms with E-state index in [1.54, 1.807) is 24.0 Å². The van der Waals surface area contributed by atoms with Gasteiger partial charge in [-0.25, -0.2) is 9.59 Å². The van der Waals surface area contributed by atoms with Crippen LogP contribution in [0.2, 0.25) is 0 Å². The van der Waals surface area contributed by atoms with Gasteiger partial charge in [0.05, 0.1) is 43.3 Å². The number of carbonyl (C=O) groups is 5. The second kappa shape index (κ2) is 24.0. The summed E-state index contributed by atoms with van der Waals surface area (Å²) in [6.45, 7) is 12.7. The first-order valence-corrected chi connectivity index (χ1v) is 22.6. The Labute approximate surface area is 391 Å². The van der Waals surface area contributed by atoms with Gasteiger partial charge in [-0.05, 0) is 69.9 Å². The molecular formula is C48H62N10O9. The molecule has 2 aromatic heterocycles. The van der Waals surface area contributed by atoms with Gasteiger partial charge < -0.3 is 55.3 Å². The second-order valence-electron chi connectivity index (χ2n) is 16.7. The molecule has 4 aromatic rings. The number of anilines is 2. The maximum absolute atomic E-state index is 12.5. The average molecular weight is 923 g/mol. The molecule has 4 amide bonds. The predicted molar refractivity (Wildman–Crippen MR) is 252 cm³/mol. The molecule has 19 nitrogen and oxygen atoms in total. The summed E-state index contributed by atoms with van der Waals surface area (Å²) in [5, 5.41) is 3.13. The molecule has 4 fully saturated rings. The molecular weight excluding hydrogens is 861 g/mol. The highest BCUT2D eigenvalue weighted by Crippen LogP contribution is 2.32. The van der Waals surface area contributed by atoms with Crippen LogP contribution < -0.4 is 45.5 Å². The van der Waals surface area contributed by atoms with Gasteiger partial charge in [0.1, 0.15) is 11.5 Å². The van der Waals surface area contributed by atoms with E-state index in [0.29, 0.717) is 49.6 Å². The molecule has 0 bridgehead atoms. The molecule has 4 aliphatic heterocycles. The molecule has 67 heavy (non-hydrogen) atoms. The number of piperazine rings is 2. The van der Waals surface area contributed by atoms with Crippen molar-refractivity contribution in [3.63, 3.8) is 0 Å². The van der Waals surface area contributed by atoms with E-state index in [-0.39, 0.29) is 22.6 Å². The summed E-state index contributed by atoms with van der Waals surface area (Å²) in [5.74, 6) is 0.752. The zero-order valence-corrected chi connectivity index (χ0v) is 38.7. The highest BCUT2D eigenvalue weighted by atomic mass is 16.6. The summed E-state index contributed by atoms with van der Waals surface area (Å²) in [7, 11) is 3.31. The van der Waals surface area contributed by atoms with Crippen molar-refractivity contribution in [2.45, 2.75) is 58.2 Å². The molecule has 8 rings (SSSR count). The minimum atomic E-state index is -0.618. The summed E-state index contributed by atoms with van der Waals surface area (Å²) in [6, 6.07) is 16.2. The Kier molecular flexibility index (Phi) is 17.7. The number of pyridine rings is 2. The summed E-state index contributed by atoms with van der Waals surface area (Å²) in [6.07, 6.45) is 10.3. The van der Waals surface area contributed by atoms with Gasteiger partial charge >= 0.3 is 12.2 Å². The number of amides is 4. The van der Waals surface area contributed by atoms with Crippen LogP contribution in [-0.4, -0.2) is 147 Å². The zero-order chi connectivity index (χ0) is 47.9. The number of nitrogens with zero attached hydrogens (tertiary/aromatic N) is 7. The lowest BCUT2D eigenvalue weighted by Crippen LogP contribution is -2.49. The van der Waals surface area contributed by atoms with Gasteiger partial charge in [0.25, 0.3) is 0 Å². The average Bonchev–Trinajstić information content (AvgIpc) is 3.99. The van der Waals surface area contributed by atoms with Crippen molar-refractivity contribution in [3.05, 3.63) is 95.6 Å². The molecule has 0 aliphatic carbocycles. The molecule has 19 heteroatoms. The third-order valence-corrected chi connectivity index (χ3v) is 12.2. The van der Waals surface area contributed by atoms with Gasteiger partial charge in [0.15, 0.2) is 17.8 Å². The van der Waals surface area contributed by atoms with Crippen molar-refractivity contribution < 1.29 is 42.9 Å². The van der Waals surface area contributed by atoms with E-state index >= 15 is 0 Å². The lowest BCUT2D eigenvalue weighted by atomic mass is 10.1. The Hall–Kier alpha value is -6.99. The van der Waals surface area contributed by atoms with E-state index in [2.05, 4.69) is 62.0 Å². The maximum atomic E-state index is 12.5. The number of hydrogen-bond acceptors (Lipinski definition) is 15. The lowest BCUT2D eigenvalue weighted by molar-refractivity contribution is 0.0990. The monoisotopic (exact) mass is 922 g/mol. The summed E-state index contributed by atoms with van der Waals surface area (Å²) in [4.78, 5) is 75.4. The molecule has 4 saturated heterocycles. The molecule has 4 aliphatic rings. The lowest BCUT2D eigenvalue weighted by Gasteiger charge is -2.34. The molecule has 0 spiro atoms. The molecule has 2 unspecified atom stereocenters. The number of aldehydes is 1. The fourth-order valence-electron chi connectivity index (χ4n) is 8.38. The van der Waals surface area contributed by atoms with E-state index in [9.17, 15) is 24.0 Å². The number of nitrogens with two attached hydrogens (primary N) is 2. The van der Waals surface area contributed by atoms with Crippen molar-refractivity contribution in [3.8, 4) is 23.0 Å². The number of rotatable bonds is 11. The van der Waals surface area contributed by atoms with Crippen LogP contribution in [0.3, 0.4) is 0 Å². The number of primary amides is 2. The SMILES string of the molecule is COc1cc(N2CCCC2C)ccc1C=O.COc1cc(N2CCCC2C)ccc1CN1CCN(C(=O)Oc2cncc(C(N)=O)c2)CC1.NC(=O)c1cncc(OC(=O)N2CCNCC2)c1. The van der Waals surface area contributed by atoms with Crippen LogP contribution in [0.4, 0.5) is 21.0 Å². The summed E-state index contributed by atoms with van der Waals surface area (Å²) < 4.78 is 21.4. The quantitative estimate of drug-likeness (QED) is 0.175. The van der Waals surface area contributed by atoms with Crippen LogP contribution in [0.25, 0.3) is 0 Å². The van der Waals surface area contributed by atoms with Crippen LogP contribution in [-0.2, 0) is 6.54 Å². The number of benzene rings is 2. The molecule has 2 atom stereocenters. The molecule has 2 aromatic carbocycles. The van der Waals surface area contributed by atoms with Crippen LogP contribution in [0.1, 0.15) is 76.2 Å². The van der Waals surface area contributed by atoms with Gasteiger partial charge in [-0.3, -0.25) is 29.3 Å². The molecule has 358 valence electrons. The topological polar surface area (TPSA) is 228 Å². The number of ether oxygens (including phenoxy) is 4. The van der Waals surface area contributed by atoms with Gasteiger partial charge in [0.2, 0.25) is 11.8 Å². The standard InChI is InChI=1S/C24H31N5O4.C13H17NO2.C11H14N4O3/c1-17-4-3-7-29(17)20-6-5-18(22(13-20)32-2)16-27-8-10-28(11-9-27)24(31)33-21-12-19(23(25)30)14-26-15-21;1-10-4-3-7-14(10)12-6-5-11(9-15)13(8-12)16-2;12-10(16)8-5-9(7-14-6-8)18-11(17)15-3-1-13-2-4-15/h5-6,12-15,17H,3-4,7-11,16H2,1-2H3,(H2,25,30);5-6,8-10H,3-4,7H2,1-2H3;5-7,13H,1-4H2,(H2,12,16). The van der Waals surface area contributed by atoms with Crippen LogP contribution >= 0.6 is 0 Å². The predicted octanol–water partition coefficient (Wildman–Crippen LogP) is 4.58. The van der Waals surface area contributed by atoms with Crippen molar-refractivity contribution in [2.75, 3.05) is 89.5 Å². The minimum Gasteiger partial charge on any atom is -0.496 e. The third kappa shape index (κ3) is 13.5. The third-order valence-electron chi connectivity index (χ3n) is 12.2. The zero-order valence-electron chi connectivity index (χ0n) is 38.7. The van der Waals surface area contributed by atoms with E-state index in [0.717, 1.165) is 69.1 Å². The Bertz CT molecular complexity index is 2340. The van der Waals surface area contributed by atoms with E-state index in [1.807, 2.05) is 18.2 Å². The Morgan fingerprint density at radius 2 is 1.15 bits per heavy atom. The first-order valence-electron chi connectivity index (χ1n) is 22.6. The van der Waals surface area contributed by atoms with Gasteiger partial charge in [-0.15, -0.1) is 0 Å². The molecule has 0 radical (unpaired) electrons. The Balaban J connectivity index is 0.000000183.